The van der Waals surface area contributed by atoms with E-state index in [0.29, 0.717) is 28.5 Å². The molecule has 0 fully saturated rings. The van der Waals surface area contributed by atoms with Crippen molar-refractivity contribution in [1.82, 2.24) is 35.3 Å². The van der Waals surface area contributed by atoms with Crippen LogP contribution in [-0.4, -0.2) is 35.3 Å². The van der Waals surface area contributed by atoms with E-state index in [2.05, 4.69) is 35.3 Å². The molecule has 24 heavy (non-hydrogen) atoms. The van der Waals surface area contributed by atoms with Crippen molar-refractivity contribution in [2.24, 2.45) is 0 Å². The summed E-state index contributed by atoms with van der Waals surface area (Å²) < 4.78 is 10.9. The van der Waals surface area contributed by atoms with E-state index in [9.17, 15) is 0 Å². The first-order valence-electron chi connectivity index (χ1n) is 7.54. The van der Waals surface area contributed by atoms with Crippen LogP contribution in [0.1, 0.15) is 51.0 Å². The zero-order valence-corrected chi connectivity index (χ0v) is 13.7. The minimum atomic E-state index is -0.632. The van der Waals surface area contributed by atoms with Gasteiger partial charge in [-0.05, 0) is 13.8 Å². The van der Waals surface area contributed by atoms with E-state index in [-0.39, 0.29) is 11.6 Å². The van der Waals surface area contributed by atoms with Gasteiger partial charge in [0.2, 0.25) is 17.3 Å². The Morgan fingerprint density at radius 3 is 2.62 bits per heavy atom. The minimum Gasteiger partial charge on any atom is -0.421 e. The molecule has 0 saturated carbocycles. The number of fused-ring (bicyclic) bond motifs is 2. The zero-order chi connectivity index (χ0) is 16.9. The third kappa shape index (κ3) is 2.20. The zero-order valence-electron chi connectivity index (χ0n) is 13.7. The van der Waals surface area contributed by atoms with Crippen LogP contribution in [0, 0.1) is 0 Å². The van der Waals surface area contributed by atoms with E-state index >= 15 is 0 Å². The van der Waals surface area contributed by atoms with Crippen LogP contribution in [0.4, 0.5) is 0 Å². The van der Waals surface area contributed by atoms with Gasteiger partial charge in [0, 0.05) is 11.2 Å². The Bertz CT molecular complexity index is 1030. The Hall–Kier alpha value is -2.97. The van der Waals surface area contributed by atoms with Crippen molar-refractivity contribution >= 4 is 22.6 Å². The minimum absolute atomic E-state index is 0.211. The van der Waals surface area contributed by atoms with Crippen molar-refractivity contribution in [3.63, 3.8) is 0 Å². The first kappa shape index (κ1) is 14.6. The molecule has 0 unspecified atom stereocenters. The highest BCUT2D eigenvalue weighted by molar-refractivity contribution is 5.67. The lowest BCUT2D eigenvalue weighted by molar-refractivity contribution is 0.406. The number of hydrogen-bond donors (Lipinski definition) is 0. The summed E-state index contributed by atoms with van der Waals surface area (Å²) in [5.74, 6) is 1.41. The van der Waals surface area contributed by atoms with Crippen LogP contribution < -0.4 is 0 Å². The lowest BCUT2D eigenvalue weighted by Gasteiger charge is -2.18. The Balaban J connectivity index is 1.81. The lowest BCUT2D eigenvalue weighted by Crippen LogP contribution is -2.21. The monoisotopic (exact) mass is 325 g/mol. The summed E-state index contributed by atoms with van der Waals surface area (Å²) in [5, 5.41) is 7.18. The van der Waals surface area contributed by atoms with Gasteiger partial charge in [-0.15, -0.1) is 0 Å². The van der Waals surface area contributed by atoms with E-state index in [4.69, 9.17) is 8.94 Å². The number of rotatable bonds is 3. The molecule has 9 heteroatoms. The van der Waals surface area contributed by atoms with Crippen molar-refractivity contribution in [2.45, 2.75) is 39.0 Å². The highest BCUT2D eigenvalue weighted by Gasteiger charge is 2.32. The maximum absolute atomic E-state index is 5.88. The third-order valence-corrected chi connectivity index (χ3v) is 3.85. The maximum Gasteiger partial charge on any atom is 0.298 e. The Morgan fingerprint density at radius 1 is 1.00 bits per heavy atom. The van der Waals surface area contributed by atoms with Gasteiger partial charge in [0.15, 0.2) is 0 Å². The fourth-order valence-electron chi connectivity index (χ4n) is 2.30. The molecule has 4 aromatic heterocycles. The molecule has 0 aliphatic carbocycles. The molecule has 0 aliphatic rings. The number of oxazole rings is 1. The Labute approximate surface area is 136 Å². The molecular weight excluding hydrogens is 310 g/mol. The molecule has 0 atom stereocenters. The van der Waals surface area contributed by atoms with Crippen molar-refractivity contribution in [1.29, 1.82) is 0 Å². The van der Waals surface area contributed by atoms with Gasteiger partial charge < -0.3 is 8.94 Å². The molecule has 0 spiro atoms. The molecular formula is C15H15N7O2. The van der Waals surface area contributed by atoms with Crippen LogP contribution in [0.3, 0.4) is 0 Å². The van der Waals surface area contributed by atoms with Crippen LogP contribution in [0.5, 0.6) is 0 Å². The van der Waals surface area contributed by atoms with Gasteiger partial charge in [0.05, 0.1) is 23.5 Å². The standard InChI is InChI=1S/C15H15N7O2/c1-7(2)10-16-5-8-12(20-10)23-14(18-8)15(3,4)9-6-17-11-13(19-9)24-22-21-11/h5-7H,1-4H3. The van der Waals surface area contributed by atoms with E-state index in [1.54, 1.807) is 12.4 Å². The number of aromatic nitrogens is 7. The molecule has 122 valence electrons. The predicted octanol–water partition coefficient (Wildman–Crippen LogP) is 2.39. The second-order valence-corrected chi connectivity index (χ2v) is 6.37. The molecule has 0 bridgehead atoms. The quantitative estimate of drug-likeness (QED) is 0.559. The largest absolute Gasteiger partial charge is 0.421 e. The average molecular weight is 325 g/mol. The molecule has 0 aliphatic heterocycles. The molecule has 0 aromatic carbocycles. The fourth-order valence-corrected chi connectivity index (χ4v) is 2.30. The van der Waals surface area contributed by atoms with Crippen LogP contribution in [0.2, 0.25) is 0 Å². The van der Waals surface area contributed by atoms with Crippen molar-refractivity contribution in [2.75, 3.05) is 0 Å². The maximum atomic E-state index is 5.88. The Morgan fingerprint density at radius 2 is 1.83 bits per heavy atom. The summed E-state index contributed by atoms with van der Waals surface area (Å²) >= 11 is 0. The normalized spacial score (nSPS) is 12.5. The number of hydrogen-bond acceptors (Lipinski definition) is 9. The first-order valence-corrected chi connectivity index (χ1v) is 7.54. The number of nitrogens with zero attached hydrogens (tertiary/aromatic N) is 7. The van der Waals surface area contributed by atoms with Gasteiger partial charge in [-0.1, -0.05) is 18.9 Å². The highest BCUT2D eigenvalue weighted by atomic mass is 16.5. The molecule has 0 amide bonds. The predicted molar refractivity (Wildman–Crippen MR) is 83.2 cm³/mol. The van der Waals surface area contributed by atoms with Crippen molar-refractivity contribution < 1.29 is 8.94 Å². The van der Waals surface area contributed by atoms with E-state index in [1.165, 1.54) is 0 Å². The first-order chi connectivity index (χ1) is 11.4. The second kappa shape index (κ2) is 5.02. The van der Waals surface area contributed by atoms with Crippen LogP contribution in [0.15, 0.2) is 21.3 Å². The lowest BCUT2D eigenvalue weighted by atomic mass is 9.89. The summed E-state index contributed by atoms with van der Waals surface area (Å²) in [5.41, 5.74) is 1.72. The summed E-state index contributed by atoms with van der Waals surface area (Å²) in [7, 11) is 0. The fraction of sp³-hybridized carbons (Fsp3) is 0.400. The van der Waals surface area contributed by atoms with Crippen LogP contribution in [0.25, 0.3) is 22.6 Å². The topological polar surface area (TPSA) is 117 Å². The van der Waals surface area contributed by atoms with Gasteiger partial charge in [-0.25, -0.2) is 19.9 Å². The second-order valence-electron chi connectivity index (χ2n) is 6.37. The summed E-state index contributed by atoms with van der Waals surface area (Å²) in [6.45, 7) is 7.93. The average Bonchev–Trinajstić information content (AvgIpc) is 3.19. The molecule has 9 nitrogen and oxygen atoms in total. The highest BCUT2D eigenvalue weighted by Crippen LogP contribution is 2.31. The molecule has 0 radical (unpaired) electrons. The Kier molecular flexibility index (Phi) is 3.05. The molecule has 4 heterocycles. The van der Waals surface area contributed by atoms with Crippen LogP contribution in [-0.2, 0) is 5.41 Å². The van der Waals surface area contributed by atoms with Crippen LogP contribution >= 0.6 is 0 Å². The molecule has 0 N–H and O–H groups in total. The smallest absolute Gasteiger partial charge is 0.298 e. The third-order valence-electron chi connectivity index (χ3n) is 3.85. The van der Waals surface area contributed by atoms with Gasteiger partial charge >= 0.3 is 0 Å². The van der Waals surface area contributed by atoms with E-state index < -0.39 is 5.41 Å². The van der Waals surface area contributed by atoms with Gasteiger partial charge in [0.1, 0.15) is 11.3 Å². The molecule has 4 aromatic rings. The van der Waals surface area contributed by atoms with Crippen molar-refractivity contribution in [3.8, 4) is 0 Å². The van der Waals surface area contributed by atoms with Crippen molar-refractivity contribution in [3.05, 3.63) is 29.8 Å². The van der Waals surface area contributed by atoms with E-state index in [1.807, 2.05) is 27.7 Å². The van der Waals surface area contributed by atoms with Gasteiger partial charge in [0.25, 0.3) is 5.71 Å². The molecule has 0 saturated heterocycles. The summed E-state index contributed by atoms with van der Waals surface area (Å²) in [6.07, 6.45) is 3.29. The van der Waals surface area contributed by atoms with E-state index in [0.717, 1.165) is 5.82 Å². The molecule has 4 rings (SSSR count). The summed E-state index contributed by atoms with van der Waals surface area (Å²) in [6, 6.07) is 0. The SMILES string of the molecule is CC(C)c1ncc2nc(C(C)(C)c3cnc4nnoc4n3)oc2n1. The summed E-state index contributed by atoms with van der Waals surface area (Å²) in [4.78, 5) is 21.9. The van der Waals surface area contributed by atoms with Gasteiger partial charge in [-0.2, -0.15) is 4.98 Å². The van der Waals surface area contributed by atoms with Gasteiger partial charge in [-0.3, -0.25) is 0 Å².